The van der Waals surface area contributed by atoms with Crippen molar-refractivity contribution in [1.29, 1.82) is 0 Å². The smallest absolute Gasteiger partial charge is 0.0465 e. The van der Waals surface area contributed by atoms with Gasteiger partial charge in [0.25, 0.3) is 0 Å². The zero-order chi connectivity index (χ0) is 30.4. The quantitative estimate of drug-likeness (QED) is 0.205. The molecule has 0 fully saturated rings. The molecule has 0 radical (unpaired) electrons. The van der Waals surface area contributed by atoms with Crippen molar-refractivity contribution in [3.63, 3.8) is 0 Å². The zero-order valence-electron chi connectivity index (χ0n) is 26.6. The Balaban J connectivity index is 1.32. The molecule has 0 bridgehead atoms. The van der Waals surface area contributed by atoms with Crippen molar-refractivity contribution in [2.45, 2.75) is 57.8 Å². The SMILES string of the molecule is CC1(C)c2cc(N(c3ccccc3)c3ccc4c(c3)C(C)(C)C(C)(C)c3ccccc3-4)ccc2-c2cc3ccccc3cc21. The Labute approximate surface area is 261 Å². The van der Waals surface area contributed by atoms with Gasteiger partial charge in [0.15, 0.2) is 0 Å². The first-order valence-electron chi connectivity index (χ1n) is 15.9. The monoisotopic (exact) mass is 569 g/mol. The van der Waals surface area contributed by atoms with E-state index in [0.29, 0.717) is 0 Å². The molecule has 2 aliphatic carbocycles. The van der Waals surface area contributed by atoms with E-state index < -0.39 is 0 Å². The maximum atomic E-state index is 2.46. The first-order valence-corrected chi connectivity index (χ1v) is 15.9. The fourth-order valence-corrected chi connectivity index (χ4v) is 7.93. The molecule has 1 heteroatoms. The van der Waals surface area contributed by atoms with Gasteiger partial charge in [-0.3, -0.25) is 0 Å². The topological polar surface area (TPSA) is 3.24 Å². The van der Waals surface area contributed by atoms with Gasteiger partial charge in [0.1, 0.15) is 0 Å². The third-order valence-electron chi connectivity index (χ3n) is 11.2. The van der Waals surface area contributed by atoms with Crippen LogP contribution in [0.4, 0.5) is 17.1 Å². The molecule has 6 aromatic rings. The highest BCUT2D eigenvalue weighted by molar-refractivity contribution is 5.94. The molecule has 0 atom stereocenters. The Bertz CT molecular complexity index is 2090. The summed E-state index contributed by atoms with van der Waals surface area (Å²) in [5.74, 6) is 0. The molecule has 0 aliphatic heterocycles. The Morgan fingerprint density at radius 3 is 1.57 bits per heavy atom. The average molecular weight is 570 g/mol. The maximum Gasteiger partial charge on any atom is 0.0465 e. The predicted molar refractivity (Wildman–Crippen MR) is 188 cm³/mol. The number of hydrogen-bond acceptors (Lipinski definition) is 1. The molecule has 0 saturated heterocycles. The Hall–Kier alpha value is -4.62. The molecule has 2 aliphatic rings. The van der Waals surface area contributed by atoms with Crippen LogP contribution in [0.25, 0.3) is 33.0 Å². The minimum atomic E-state index is -0.0986. The molecule has 0 heterocycles. The highest BCUT2D eigenvalue weighted by atomic mass is 15.1. The fraction of sp³-hybridized carbons (Fsp3) is 0.209. The number of fused-ring (bicyclic) bond motifs is 7. The molecule has 0 spiro atoms. The van der Waals surface area contributed by atoms with E-state index in [-0.39, 0.29) is 16.2 Å². The maximum absolute atomic E-state index is 2.46. The summed E-state index contributed by atoms with van der Waals surface area (Å²) >= 11 is 0. The summed E-state index contributed by atoms with van der Waals surface area (Å²) in [6, 6.07) is 47.6. The lowest BCUT2D eigenvalue weighted by Gasteiger charge is -2.48. The summed E-state index contributed by atoms with van der Waals surface area (Å²) in [6.07, 6.45) is 0. The van der Waals surface area contributed by atoms with Crippen LogP contribution in [0.5, 0.6) is 0 Å². The fourth-order valence-electron chi connectivity index (χ4n) is 7.93. The van der Waals surface area contributed by atoms with E-state index in [0.717, 1.165) is 0 Å². The third-order valence-corrected chi connectivity index (χ3v) is 11.2. The molecule has 216 valence electrons. The van der Waals surface area contributed by atoms with Crippen molar-refractivity contribution in [1.82, 2.24) is 0 Å². The molecule has 0 amide bonds. The third kappa shape index (κ3) is 3.65. The normalized spacial score (nSPS) is 16.5. The predicted octanol–water partition coefficient (Wildman–Crippen LogP) is 11.9. The highest BCUT2D eigenvalue weighted by Gasteiger charge is 2.46. The number of anilines is 3. The first kappa shape index (κ1) is 27.0. The lowest BCUT2D eigenvalue weighted by molar-refractivity contribution is 0.299. The van der Waals surface area contributed by atoms with Crippen LogP contribution in [-0.4, -0.2) is 0 Å². The van der Waals surface area contributed by atoms with Crippen molar-refractivity contribution < 1.29 is 0 Å². The van der Waals surface area contributed by atoms with Gasteiger partial charge < -0.3 is 4.90 Å². The minimum Gasteiger partial charge on any atom is -0.310 e. The molecule has 0 saturated carbocycles. The molecule has 0 N–H and O–H groups in total. The van der Waals surface area contributed by atoms with E-state index in [1.165, 1.54) is 72.3 Å². The molecule has 0 unspecified atom stereocenters. The van der Waals surface area contributed by atoms with Crippen molar-refractivity contribution >= 4 is 27.8 Å². The van der Waals surface area contributed by atoms with E-state index in [9.17, 15) is 0 Å². The lowest BCUT2D eigenvalue weighted by atomic mass is 9.55. The summed E-state index contributed by atoms with van der Waals surface area (Å²) in [5, 5.41) is 2.60. The number of para-hydroxylation sites is 1. The molecule has 0 aromatic heterocycles. The van der Waals surface area contributed by atoms with E-state index in [1.807, 2.05) is 0 Å². The van der Waals surface area contributed by atoms with Gasteiger partial charge in [-0.2, -0.15) is 0 Å². The molecular formula is C43H39N. The zero-order valence-corrected chi connectivity index (χ0v) is 26.6. The van der Waals surface area contributed by atoms with Gasteiger partial charge in [-0.05, 0) is 115 Å². The van der Waals surface area contributed by atoms with Crippen molar-refractivity contribution in [3.8, 4) is 22.3 Å². The van der Waals surface area contributed by atoms with E-state index >= 15 is 0 Å². The van der Waals surface area contributed by atoms with Crippen LogP contribution >= 0.6 is 0 Å². The van der Waals surface area contributed by atoms with Crippen molar-refractivity contribution in [3.05, 3.63) is 150 Å². The van der Waals surface area contributed by atoms with Crippen LogP contribution in [-0.2, 0) is 16.2 Å². The van der Waals surface area contributed by atoms with Crippen molar-refractivity contribution in [2.75, 3.05) is 4.90 Å². The van der Waals surface area contributed by atoms with Crippen LogP contribution in [0.15, 0.2) is 127 Å². The number of nitrogens with zero attached hydrogens (tertiary/aromatic N) is 1. The van der Waals surface area contributed by atoms with Crippen LogP contribution in [0.3, 0.4) is 0 Å². The number of rotatable bonds is 3. The van der Waals surface area contributed by atoms with E-state index in [2.05, 4.69) is 174 Å². The van der Waals surface area contributed by atoms with Gasteiger partial charge in [0.05, 0.1) is 0 Å². The second-order valence-corrected chi connectivity index (χ2v) is 14.3. The van der Waals surface area contributed by atoms with Crippen LogP contribution in [0.2, 0.25) is 0 Å². The number of hydrogen-bond donors (Lipinski definition) is 0. The second-order valence-electron chi connectivity index (χ2n) is 14.3. The first-order chi connectivity index (χ1) is 21.1. The second kappa shape index (κ2) is 9.19. The van der Waals surface area contributed by atoms with Gasteiger partial charge in [-0.1, -0.05) is 120 Å². The summed E-state index contributed by atoms with van der Waals surface area (Å²) in [5.41, 5.74) is 14.4. The minimum absolute atomic E-state index is 0.0142. The average Bonchev–Trinajstić information content (AvgIpc) is 3.25. The van der Waals surface area contributed by atoms with Gasteiger partial charge in [0, 0.05) is 22.5 Å². The highest BCUT2D eigenvalue weighted by Crippen LogP contribution is 2.56. The van der Waals surface area contributed by atoms with Gasteiger partial charge >= 0.3 is 0 Å². The molecule has 6 aromatic carbocycles. The van der Waals surface area contributed by atoms with Gasteiger partial charge in [-0.25, -0.2) is 0 Å². The van der Waals surface area contributed by atoms with Crippen LogP contribution in [0, 0.1) is 0 Å². The van der Waals surface area contributed by atoms with Crippen molar-refractivity contribution in [2.24, 2.45) is 0 Å². The lowest BCUT2D eigenvalue weighted by Crippen LogP contribution is -2.43. The Morgan fingerprint density at radius 2 is 0.864 bits per heavy atom. The van der Waals surface area contributed by atoms with Crippen LogP contribution in [0.1, 0.15) is 63.8 Å². The van der Waals surface area contributed by atoms with E-state index in [1.54, 1.807) is 0 Å². The Kier molecular flexibility index (Phi) is 5.63. The largest absolute Gasteiger partial charge is 0.310 e. The van der Waals surface area contributed by atoms with Crippen LogP contribution < -0.4 is 4.90 Å². The molecule has 1 nitrogen and oxygen atoms in total. The number of benzene rings is 6. The van der Waals surface area contributed by atoms with Gasteiger partial charge in [-0.15, -0.1) is 0 Å². The molecule has 44 heavy (non-hydrogen) atoms. The summed E-state index contributed by atoms with van der Waals surface area (Å²) < 4.78 is 0. The Morgan fingerprint density at radius 1 is 0.364 bits per heavy atom. The standard InChI is InChI=1S/C43H39N/c1-41(2)38-25-29-15-11-10-14-28(29)24-36(38)35-23-21-31(26-39(35)41)44(30-16-8-7-9-17-30)32-20-22-34-33-18-12-13-19-37(33)42(3,4)43(5,6)40(34)27-32/h7-27H,1-6H3. The van der Waals surface area contributed by atoms with E-state index in [4.69, 9.17) is 0 Å². The summed E-state index contributed by atoms with van der Waals surface area (Å²) in [4.78, 5) is 2.44. The van der Waals surface area contributed by atoms with Gasteiger partial charge in [0.2, 0.25) is 0 Å². The summed E-state index contributed by atoms with van der Waals surface area (Å²) in [6.45, 7) is 14.4. The summed E-state index contributed by atoms with van der Waals surface area (Å²) in [7, 11) is 0. The molecular weight excluding hydrogens is 530 g/mol. The molecule has 8 rings (SSSR count).